The van der Waals surface area contributed by atoms with E-state index in [0.29, 0.717) is 6.07 Å². The van der Waals surface area contributed by atoms with Crippen LogP contribution in [0.3, 0.4) is 0 Å². The summed E-state index contributed by atoms with van der Waals surface area (Å²) < 4.78 is 39.2. The fraction of sp³-hybridized carbons (Fsp3) is 0.333. The molecular weight excluding hydrogens is 215 g/mol. The summed E-state index contributed by atoms with van der Waals surface area (Å²) in [5.74, 6) is -3.66. The van der Waals surface area contributed by atoms with Crippen LogP contribution in [0.2, 0.25) is 5.02 Å². The maximum atomic E-state index is 13.3. The molecule has 0 aromatic heterocycles. The summed E-state index contributed by atoms with van der Waals surface area (Å²) in [7, 11) is 0. The van der Waals surface area contributed by atoms with E-state index in [1.54, 1.807) is 0 Å². The molecule has 1 aromatic rings. The van der Waals surface area contributed by atoms with Gasteiger partial charge in [-0.1, -0.05) is 18.5 Å². The van der Waals surface area contributed by atoms with Crippen molar-refractivity contribution in [3.05, 3.63) is 34.1 Å². The summed E-state index contributed by atoms with van der Waals surface area (Å²) in [6.45, 7) is 1.60. The van der Waals surface area contributed by atoms with E-state index >= 15 is 0 Å². The van der Waals surface area contributed by atoms with Crippen LogP contribution < -0.4 is 5.73 Å². The second kappa shape index (κ2) is 4.19. The quantitative estimate of drug-likeness (QED) is 0.606. The Bertz CT molecular complexity index is 354. The molecule has 1 unspecified atom stereocenters. The molecule has 0 aliphatic heterocycles. The van der Waals surface area contributed by atoms with Gasteiger partial charge in [0.1, 0.15) is 16.7 Å². The highest BCUT2D eigenvalue weighted by molar-refractivity contribution is 6.30. The van der Waals surface area contributed by atoms with E-state index in [1.807, 2.05) is 0 Å². The lowest BCUT2D eigenvalue weighted by molar-refractivity contribution is 0.509. The van der Waals surface area contributed by atoms with Gasteiger partial charge < -0.3 is 5.73 Å². The average Bonchev–Trinajstić information content (AvgIpc) is 2.14. The first-order valence-electron chi connectivity index (χ1n) is 4.02. The van der Waals surface area contributed by atoms with Crippen molar-refractivity contribution in [2.24, 2.45) is 5.73 Å². The van der Waals surface area contributed by atoms with Crippen molar-refractivity contribution in [1.82, 2.24) is 0 Å². The summed E-state index contributed by atoms with van der Waals surface area (Å²) >= 11 is 5.30. The van der Waals surface area contributed by atoms with Gasteiger partial charge >= 0.3 is 0 Å². The third-order valence-corrected chi connectivity index (χ3v) is 2.34. The lowest BCUT2D eigenvalue weighted by atomic mass is 10.00. The first-order valence-corrected chi connectivity index (χ1v) is 4.39. The van der Waals surface area contributed by atoms with Gasteiger partial charge in [-0.15, -0.1) is 0 Å². The number of hydrogen-bond acceptors (Lipinski definition) is 1. The largest absolute Gasteiger partial charge is 0.330 e. The molecule has 0 saturated heterocycles. The van der Waals surface area contributed by atoms with Crippen LogP contribution in [-0.2, 0) is 0 Å². The second-order valence-corrected chi connectivity index (χ2v) is 3.40. The maximum absolute atomic E-state index is 13.3. The summed E-state index contributed by atoms with van der Waals surface area (Å²) in [5, 5.41) is -0.693. The Morgan fingerprint density at radius 1 is 1.36 bits per heavy atom. The maximum Gasteiger partial charge on any atom is 0.151 e. The normalized spacial score (nSPS) is 13.0. The second-order valence-electron chi connectivity index (χ2n) is 3.02. The predicted octanol–water partition coefficient (Wildman–Crippen LogP) is 2.82. The fourth-order valence-corrected chi connectivity index (χ4v) is 1.31. The van der Waals surface area contributed by atoms with Crippen molar-refractivity contribution in [3.63, 3.8) is 0 Å². The van der Waals surface area contributed by atoms with Crippen molar-refractivity contribution >= 4 is 11.6 Å². The van der Waals surface area contributed by atoms with Gasteiger partial charge in [-0.2, -0.15) is 0 Å². The Balaban J connectivity index is 3.36. The Hall–Kier alpha value is -0.740. The minimum atomic E-state index is -1.10. The Morgan fingerprint density at radius 3 is 2.43 bits per heavy atom. The van der Waals surface area contributed by atoms with E-state index in [1.165, 1.54) is 6.92 Å². The molecule has 2 N–H and O–H groups in total. The molecule has 0 aliphatic carbocycles. The highest BCUT2D eigenvalue weighted by Gasteiger charge is 2.20. The lowest BCUT2D eigenvalue weighted by Gasteiger charge is -2.12. The van der Waals surface area contributed by atoms with Crippen molar-refractivity contribution in [1.29, 1.82) is 0 Å². The van der Waals surface area contributed by atoms with Gasteiger partial charge in [0.2, 0.25) is 0 Å². The average molecular weight is 224 g/mol. The number of halogens is 4. The fourth-order valence-electron chi connectivity index (χ4n) is 1.15. The molecule has 1 aromatic carbocycles. The number of benzene rings is 1. The van der Waals surface area contributed by atoms with Crippen LogP contribution >= 0.6 is 11.6 Å². The molecule has 1 atom stereocenters. The van der Waals surface area contributed by atoms with E-state index in [-0.39, 0.29) is 12.1 Å². The van der Waals surface area contributed by atoms with Gasteiger partial charge in [0.15, 0.2) is 5.82 Å². The van der Waals surface area contributed by atoms with Crippen LogP contribution in [0.15, 0.2) is 6.07 Å². The van der Waals surface area contributed by atoms with E-state index in [0.717, 1.165) is 0 Å². The highest BCUT2D eigenvalue weighted by Crippen LogP contribution is 2.29. The zero-order valence-corrected chi connectivity index (χ0v) is 8.21. The lowest BCUT2D eigenvalue weighted by Crippen LogP contribution is -2.13. The summed E-state index contributed by atoms with van der Waals surface area (Å²) in [6.07, 6.45) is 0. The van der Waals surface area contributed by atoms with Gasteiger partial charge in [-0.05, 0) is 12.5 Å². The molecule has 0 bridgehead atoms. The van der Waals surface area contributed by atoms with E-state index in [2.05, 4.69) is 0 Å². The SMILES string of the molecule is CC(CN)c1c(F)cc(F)c(Cl)c1F. The Kier molecular flexibility index (Phi) is 3.39. The van der Waals surface area contributed by atoms with Crippen molar-refractivity contribution in [3.8, 4) is 0 Å². The van der Waals surface area contributed by atoms with Crippen LogP contribution in [-0.4, -0.2) is 6.54 Å². The van der Waals surface area contributed by atoms with E-state index < -0.39 is 28.4 Å². The molecule has 1 nitrogen and oxygen atoms in total. The van der Waals surface area contributed by atoms with Crippen LogP contribution in [0.25, 0.3) is 0 Å². The number of hydrogen-bond donors (Lipinski definition) is 1. The molecular formula is C9H9ClF3N. The monoisotopic (exact) mass is 223 g/mol. The molecule has 14 heavy (non-hydrogen) atoms. The third kappa shape index (κ3) is 1.86. The molecule has 0 spiro atoms. The van der Waals surface area contributed by atoms with Crippen LogP contribution in [0.4, 0.5) is 13.2 Å². The molecule has 0 fully saturated rings. The molecule has 78 valence electrons. The standard InChI is InChI=1S/C9H9ClF3N/c1-4(3-14)7-5(11)2-6(12)8(10)9(7)13/h2,4H,3,14H2,1H3. The van der Waals surface area contributed by atoms with Crippen LogP contribution in [0.1, 0.15) is 18.4 Å². The molecule has 0 radical (unpaired) electrons. The Morgan fingerprint density at radius 2 is 1.93 bits per heavy atom. The molecule has 0 aliphatic rings. The zero-order valence-electron chi connectivity index (χ0n) is 7.45. The first-order chi connectivity index (χ1) is 6.49. The highest BCUT2D eigenvalue weighted by atomic mass is 35.5. The number of nitrogens with two attached hydrogens (primary N) is 1. The minimum Gasteiger partial charge on any atom is -0.330 e. The van der Waals surface area contributed by atoms with Crippen molar-refractivity contribution < 1.29 is 13.2 Å². The topological polar surface area (TPSA) is 26.0 Å². The van der Waals surface area contributed by atoms with Gasteiger partial charge in [-0.25, -0.2) is 13.2 Å². The summed E-state index contributed by atoms with van der Waals surface area (Å²) in [4.78, 5) is 0. The molecule has 1 rings (SSSR count). The zero-order chi connectivity index (χ0) is 10.9. The molecule has 0 heterocycles. The summed E-state index contributed by atoms with van der Waals surface area (Å²) in [6, 6.07) is 0.562. The first kappa shape index (κ1) is 11.3. The van der Waals surface area contributed by atoms with Gasteiger partial charge in [-0.3, -0.25) is 0 Å². The smallest absolute Gasteiger partial charge is 0.151 e. The van der Waals surface area contributed by atoms with Crippen LogP contribution in [0.5, 0.6) is 0 Å². The number of rotatable bonds is 2. The Labute approximate surface area is 84.7 Å². The van der Waals surface area contributed by atoms with Gasteiger partial charge in [0.05, 0.1) is 0 Å². The van der Waals surface area contributed by atoms with Crippen molar-refractivity contribution in [2.45, 2.75) is 12.8 Å². The van der Waals surface area contributed by atoms with Crippen molar-refractivity contribution in [2.75, 3.05) is 6.54 Å². The third-order valence-electron chi connectivity index (χ3n) is 2.00. The summed E-state index contributed by atoms with van der Waals surface area (Å²) in [5.41, 5.74) is 4.99. The van der Waals surface area contributed by atoms with Gasteiger partial charge in [0, 0.05) is 11.6 Å². The predicted molar refractivity (Wildman–Crippen MR) is 48.8 cm³/mol. The molecule has 0 amide bonds. The minimum absolute atomic E-state index is 0.0653. The van der Waals surface area contributed by atoms with E-state index in [9.17, 15) is 13.2 Å². The van der Waals surface area contributed by atoms with E-state index in [4.69, 9.17) is 17.3 Å². The van der Waals surface area contributed by atoms with Crippen LogP contribution in [0, 0.1) is 17.5 Å². The molecule has 0 saturated carbocycles. The molecule has 5 heteroatoms. The van der Waals surface area contributed by atoms with Gasteiger partial charge in [0.25, 0.3) is 0 Å².